The van der Waals surface area contributed by atoms with E-state index in [-0.39, 0.29) is 45.3 Å². The first-order valence-electron chi connectivity index (χ1n) is 14.8. The summed E-state index contributed by atoms with van der Waals surface area (Å²) >= 11 is 13.1. The fourth-order valence-electron chi connectivity index (χ4n) is 4.84. The zero-order chi connectivity index (χ0) is 34.1. The lowest BCUT2D eigenvalue weighted by Crippen LogP contribution is -2.54. The minimum absolute atomic E-state index is 0.0206. The number of rotatable bonds is 14. The molecule has 0 aliphatic carbocycles. The third-order valence-corrected chi connectivity index (χ3v) is 10.1. The number of anilines is 1. The largest absolute Gasteiger partial charge is 0.352 e. The molecule has 246 valence electrons. The highest BCUT2D eigenvalue weighted by Gasteiger charge is 2.35. The molecule has 0 unspecified atom stereocenters. The van der Waals surface area contributed by atoms with Gasteiger partial charge in [-0.3, -0.25) is 24.0 Å². The average molecular weight is 698 g/mol. The van der Waals surface area contributed by atoms with Crippen LogP contribution in [-0.4, -0.2) is 48.7 Å². The molecule has 0 saturated heterocycles. The summed E-state index contributed by atoms with van der Waals surface area (Å²) < 4.78 is 29.0. The van der Waals surface area contributed by atoms with Crippen molar-refractivity contribution >= 4 is 56.4 Å². The Labute approximate surface area is 284 Å². The Balaban J connectivity index is 1.85. The molecule has 0 aliphatic rings. The van der Waals surface area contributed by atoms with Gasteiger partial charge in [-0.05, 0) is 55.3 Å². The summed E-state index contributed by atoms with van der Waals surface area (Å²) in [5, 5.41) is 14.8. The van der Waals surface area contributed by atoms with Crippen LogP contribution in [0.3, 0.4) is 0 Å². The molecule has 1 N–H and O–H groups in total. The minimum Gasteiger partial charge on any atom is -0.352 e. The van der Waals surface area contributed by atoms with Crippen LogP contribution in [-0.2, 0) is 32.6 Å². The van der Waals surface area contributed by atoms with Crippen molar-refractivity contribution < 1.29 is 22.9 Å². The lowest BCUT2D eigenvalue weighted by atomic mass is 10.0. The number of sulfonamides is 1. The average Bonchev–Trinajstić information content (AvgIpc) is 3.07. The second kappa shape index (κ2) is 15.9. The number of nitrogens with one attached hydrogen (secondary N) is 1. The van der Waals surface area contributed by atoms with Gasteiger partial charge in [-0.2, -0.15) is 0 Å². The van der Waals surface area contributed by atoms with E-state index in [2.05, 4.69) is 5.32 Å². The van der Waals surface area contributed by atoms with E-state index in [0.29, 0.717) is 12.0 Å². The zero-order valence-corrected chi connectivity index (χ0v) is 28.1. The predicted octanol–water partition coefficient (Wildman–Crippen LogP) is 6.65. The summed E-state index contributed by atoms with van der Waals surface area (Å²) in [6, 6.07) is 25.1. The van der Waals surface area contributed by atoms with Crippen molar-refractivity contribution in [2.24, 2.45) is 0 Å². The summed E-state index contributed by atoms with van der Waals surface area (Å²) in [4.78, 5) is 40.4. The number of nitro groups is 1. The standard InChI is InChI=1S/C34H34Cl2N4O6S/c1-3-24(2)37-34(42)32(21-25-11-6-4-7-12-25)38(22-29-30(35)15-10-16-31(29)36)33(41)23-39(26-17-19-27(20-18-26)40(43)44)47(45,46)28-13-8-5-9-14-28/h4-20,24,32H,3,21-23H2,1-2H3,(H,37,42)/t24-,32-/m0/s1. The Bertz CT molecular complexity index is 1790. The molecule has 4 aromatic carbocycles. The van der Waals surface area contributed by atoms with Gasteiger partial charge in [-0.25, -0.2) is 8.42 Å². The molecule has 4 rings (SSSR count). The molecule has 0 bridgehead atoms. The van der Waals surface area contributed by atoms with Crippen molar-refractivity contribution in [2.75, 3.05) is 10.8 Å². The maximum absolute atomic E-state index is 14.5. The third-order valence-electron chi connectivity index (χ3n) is 7.62. The zero-order valence-electron chi connectivity index (χ0n) is 25.8. The van der Waals surface area contributed by atoms with Crippen LogP contribution in [0.4, 0.5) is 11.4 Å². The van der Waals surface area contributed by atoms with Crippen molar-refractivity contribution in [3.8, 4) is 0 Å². The number of nitro benzene ring substituents is 1. The fraction of sp³-hybridized carbons (Fsp3) is 0.235. The van der Waals surface area contributed by atoms with Crippen LogP contribution >= 0.6 is 23.2 Å². The maximum atomic E-state index is 14.5. The van der Waals surface area contributed by atoms with E-state index in [4.69, 9.17) is 23.2 Å². The van der Waals surface area contributed by atoms with Gasteiger partial charge in [0, 0.05) is 46.7 Å². The minimum atomic E-state index is -4.37. The van der Waals surface area contributed by atoms with Crippen molar-refractivity contribution in [1.29, 1.82) is 0 Å². The van der Waals surface area contributed by atoms with Crippen molar-refractivity contribution in [3.63, 3.8) is 0 Å². The Morgan fingerprint density at radius 2 is 1.45 bits per heavy atom. The lowest BCUT2D eigenvalue weighted by molar-refractivity contribution is -0.384. The Hall–Kier alpha value is -4.45. The third kappa shape index (κ3) is 8.88. The predicted molar refractivity (Wildman–Crippen MR) is 183 cm³/mol. The van der Waals surface area contributed by atoms with E-state index in [9.17, 15) is 28.1 Å². The number of hydrogen-bond donors (Lipinski definition) is 1. The molecule has 2 amide bonds. The molecule has 0 spiro atoms. The van der Waals surface area contributed by atoms with Crippen LogP contribution in [0.5, 0.6) is 0 Å². The van der Waals surface area contributed by atoms with Crippen molar-refractivity contribution in [2.45, 2.75) is 50.2 Å². The highest BCUT2D eigenvalue weighted by atomic mass is 35.5. The number of benzene rings is 4. The quantitative estimate of drug-likeness (QED) is 0.116. The summed E-state index contributed by atoms with van der Waals surface area (Å²) in [6.07, 6.45) is 0.747. The van der Waals surface area contributed by atoms with Crippen molar-refractivity contribution in [3.05, 3.63) is 134 Å². The molecule has 0 aromatic heterocycles. The van der Waals surface area contributed by atoms with Crippen LogP contribution in [0.15, 0.2) is 108 Å². The normalized spacial score (nSPS) is 12.5. The number of carbonyl (C=O) groups excluding carboxylic acids is 2. The molecule has 47 heavy (non-hydrogen) atoms. The monoisotopic (exact) mass is 696 g/mol. The van der Waals surface area contributed by atoms with E-state index < -0.39 is 39.3 Å². The van der Waals surface area contributed by atoms with Gasteiger partial charge in [0.2, 0.25) is 11.8 Å². The number of halogens is 2. The molecular formula is C34H34Cl2N4O6S. The Morgan fingerprint density at radius 3 is 2.00 bits per heavy atom. The highest BCUT2D eigenvalue weighted by Crippen LogP contribution is 2.29. The topological polar surface area (TPSA) is 130 Å². The van der Waals surface area contributed by atoms with Gasteiger partial charge >= 0.3 is 0 Å². The van der Waals surface area contributed by atoms with Gasteiger partial charge in [0.15, 0.2) is 0 Å². The van der Waals surface area contributed by atoms with Gasteiger partial charge < -0.3 is 10.2 Å². The van der Waals surface area contributed by atoms with Crippen LogP contribution in [0.2, 0.25) is 10.0 Å². The van der Waals surface area contributed by atoms with Crippen LogP contribution in [0.1, 0.15) is 31.4 Å². The fourth-order valence-corrected chi connectivity index (χ4v) is 6.79. The van der Waals surface area contributed by atoms with Gasteiger partial charge in [-0.1, -0.05) is 84.7 Å². The molecular weight excluding hydrogens is 663 g/mol. The van der Waals surface area contributed by atoms with E-state index in [1.807, 2.05) is 44.2 Å². The van der Waals surface area contributed by atoms with Gasteiger partial charge in [0.1, 0.15) is 12.6 Å². The van der Waals surface area contributed by atoms with E-state index in [1.54, 1.807) is 36.4 Å². The van der Waals surface area contributed by atoms with Crippen LogP contribution < -0.4 is 9.62 Å². The van der Waals surface area contributed by atoms with Crippen molar-refractivity contribution in [1.82, 2.24) is 10.2 Å². The molecule has 0 fully saturated rings. The second-order valence-electron chi connectivity index (χ2n) is 10.8. The molecule has 0 heterocycles. The number of carbonyl (C=O) groups is 2. The molecule has 2 atom stereocenters. The molecule has 0 radical (unpaired) electrons. The first-order valence-corrected chi connectivity index (χ1v) is 17.0. The summed E-state index contributed by atoms with van der Waals surface area (Å²) in [5.74, 6) is -1.16. The molecule has 0 saturated carbocycles. The smallest absolute Gasteiger partial charge is 0.269 e. The highest BCUT2D eigenvalue weighted by molar-refractivity contribution is 7.92. The molecule has 13 heteroatoms. The SMILES string of the molecule is CC[C@H](C)NC(=O)[C@H](Cc1ccccc1)N(Cc1c(Cl)cccc1Cl)C(=O)CN(c1ccc([N+](=O)[O-])cc1)S(=O)(=O)c1ccccc1. The first kappa shape index (κ1) is 35.4. The summed E-state index contributed by atoms with van der Waals surface area (Å²) in [7, 11) is -4.37. The Morgan fingerprint density at radius 1 is 0.872 bits per heavy atom. The van der Waals surface area contributed by atoms with Gasteiger partial charge in [0.05, 0.1) is 15.5 Å². The summed E-state index contributed by atoms with van der Waals surface area (Å²) in [6.45, 7) is 2.82. The number of nitrogens with zero attached hydrogens (tertiary/aromatic N) is 3. The number of non-ortho nitro benzene ring substituents is 1. The number of amides is 2. The van der Waals surface area contributed by atoms with Gasteiger partial charge in [-0.15, -0.1) is 0 Å². The van der Waals surface area contributed by atoms with Crippen LogP contribution in [0, 0.1) is 10.1 Å². The summed E-state index contributed by atoms with van der Waals surface area (Å²) in [5.41, 5.74) is 0.916. The molecule has 4 aromatic rings. The first-order chi connectivity index (χ1) is 22.4. The van der Waals surface area contributed by atoms with Gasteiger partial charge in [0.25, 0.3) is 15.7 Å². The van der Waals surface area contributed by atoms with E-state index in [1.165, 1.54) is 29.2 Å². The Kier molecular flexibility index (Phi) is 12.0. The molecule has 10 nitrogen and oxygen atoms in total. The second-order valence-corrected chi connectivity index (χ2v) is 13.5. The lowest BCUT2D eigenvalue weighted by Gasteiger charge is -2.34. The number of hydrogen-bond acceptors (Lipinski definition) is 6. The van der Waals surface area contributed by atoms with Crippen LogP contribution in [0.25, 0.3) is 0 Å². The molecule has 0 aliphatic heterocycles. The van der Waals surface area contributed by atoms with E-state index >= 15 is 0 Å². The maximum Gasteiger partial charge on any atom is 0.269 e. The van der Waals surface area contributed by atoms with E-state index in [0.717, 1.165) is 22.0 Å².